The van der Waals surface area contributed by atoms with Crippen molar-refractivity contribution in [2.24, 2.45) is 0 Å². The van der Waals surface area contributed by atoms with Crippen LogP contribution in [0.15, 0.2) is 186 Å². The van der Waals surface area contributed by atoms with Gasteiger partial charge in [0.2, 0.25) is 0 Å². The van der Waals surface area contributed by atoms with Gasteiger partial charge in [-0.25, -0.2) is 15.0 Å². The highest BCUT2D eigenvalue weighted by Gasteiger charge is 2.20. The monoisotopic (exact) mass is 746 g/mol. The van der Waals surface area contributed by atoms with Gasteiger partial charge in [-0.2, -0.15) is 0 Å². The summed E-state index contributed by atoms with van der Waals surface area (Å²) in [5, 5.41) is 7.13. The first-order valence-electron chi connectivity index (χ1n) is 19.0. The summed E-state index contributed by atoms with van der Waals surface area (Å²) < 4.78 is 11.6. The van der Waals surface area contributed by atoms with Crippen LogP contribution >= 0.6 is 11.3 Å². The van der Waals surface area contributed by atoms with Gasteiger partial charge >= 0.3 is 0 Å². The molecule has 0 spiro atoms. The maximum atomic E-state index is 6.67. The summed E-state index contributed by atoms with van der Waals surface area (Å²) in [7, 11) is 0. The molecule has 12 rings (SSSR count). The van der Waals surface area contributed by atoms with Crippen molar-refractivity contribution in [3.63, 3.8) is 0 Å². The summed E-state index contributed by atoms with van der Waals surface area (Å²) in [6.07, 6.45) is 0. The fourth-order valence-electron chi connectivity index (χ4n) is 8.47. The summed E-state index contributed by atoms with van der Waals surface area (Å²) in [5.74, 6) is 1.81. The second kappa shape index (κ2) is 12.6. The largest absolute Gasteiger partial charge is 0.455 e. The maximum Gasteiger partial charge on any atom is 0.167 e. The SMILES string of the molecule is c1ccc(-c2nc(-c3ccccc3)nc(-c3cccc4c3oc3ccc(-c5cccc6sc7cc(-n8c9ccccc9c9ccccc98)ccc7c56)cc34)n2)cc1. The van der Waals surface area contributed by atoms with E-state index in [0.717, 1.165) is 44.2 Å². The van der Waals surface area contributed by atoms with Gasteiger partial charge in [0.05, 0.1) is 16.6 Å². The Morgan fingerprint density at radius 3 is 1.74 bits per heavy atom. The van der Waals surface area contributed by atoms with Crippen LogP contribution in [0.4, 0.5) is 0 Å². The van der Waals surface area contributed by atoms with Gasteiger partial charge in [0.25, 0.3) is 0 Å². The summed E-state index contributed by atoms with van der Waals surface area (Å²) in [6.45, 7) is 0. The second-order valence-electron chi connectivity index (χ2n) is 14.4. The highest BCUT2D eigenvalue weighted by atomic mass is 32.1. The molecule has 0 unspecified atom stereocenters. The number of nitrogens with zero attached hydrogens (tertiary/aromatic N) is 4. The second-order valence-corrected chi connectivity index (χ2v) is 15.4. The molecule has 0 aliphatic heterocycles. The highest BCUT2D eigenvalue weighted by molar-refractivity contribution is 7.26. The smallest absolute Gasteiger partial charge is 0.167 e. The van der Waals surface area contributed by atoms with Gasteiger partial charge in [-0.05, 0) is 59.7 Å². The molecule has 8 aromatic carbocycles. The van der Waals surface area contributed by atoms with E-state index in [1.54, 1.807) is 0 Å². The van der Waals surface area contributed by atoms with Gasteiger partial charge in [0, 0.05) is 58.5 Å². The number of thiophene rings is 1. The molecular formula is C51H30N4OS. The summed E-state index contributed by atoms with van der Waals surface area (Å²) in [5.41, 5.74) is 10.2. The van der Waals surface area contributed by atoms with Crippen molar-refractivity contribution in [2.75, 3.05) is 0 Å². The van der Waals surface area contributed by atoms with Gasteiger partial charge in [-0.3, -0.25) is 0 Å². The van der Waals surface area contributed by atoms with Crippen molar-refractivity contribution < 1.29 is 4.42 Å². The Morgan fingerprint density at radius 2 is 1.02 bits per heavy atom. The number of para-hydroxylation sites is 3. The van der Waals surface area contributed by atoms with Crippen molar-refractivity contribution >= 4 is 75.3 Å². The van der Waals surface area contributed by atoms with Crippen LogP contribution in [0.5, 0.6) is 0 Å². The minimum absolute atomic E-state index is 0.572. The number of fused-ring (bicyclic) bond motifs is 9. The topological polar surface area (TPSA) is 56.7 Å². The maximum absolute atomic E-state index is 6.67. The molecule has 0 atom stereocenters. The van der Waals surface area contributed by atoms with E-state index < -0.39 is 0 Å². The van der Waals surface area contributed by atoms with Gasteiger partial charge in [-0.15, -0.1) is 11.3 Å². The first-order chi connectivity index (χ1) is 28.2. The van der Waals surface area contributed by atoms with E-state index in [1.807, 2.05) is 78.1 Å². The molecule has 0 saturated heterocycles. The predicted octanol–water partition coefficient (Wildman–Crippen LogP) is 13.9. The number of aromatic nitrogens is 4. The lowest BCUT2D eigenvalue weighted by Gasteiger charge is -2.09. The van der Waals surface area contributed by atoms with Gasteiger partial charge in [0.1, 0.15) is 11.2 Å². The van der Waals surface area contributed by atoms with E-state index in [4.69, 9.17) is 19.4 Å². The van der Waals surface area contributed by atoms with Crippen LogP contribution in [0.2, 0.25) is 0 Å². The van der Waals surface area contributed by atoms with Gasteiger partial charge in [0.15, 0.2) is 17.5 Å². The molecule has 0 saturated carbocycles. The Hall–Kier alpha value is -7.41. The molecule has 266 valence electrons. The molecule has 57 heavy (non-hydrogen) atoms. The van der Waals surface area contributed by atoms with Crippen molar-refractivity contribution in [1.82, 2.24) is 19.5 Å². The minimum atomic E-state index is 0.572. The Labute approximate surface area is 330 Å². The van der Waals surface area contributed by atoms with Gasteiger partial charge < -0.3 is 8.98 Å². The molecule has 0 bridgehead atoms. The first kappa shape index (κ1) is 31.9. The molecule has 0 aliphatic carbocycles. The lowest BCUT2D eigenvalue weighted by Crippen LogP contribution is -2.00. The summed E-state index contributed by atoms with van der Waals surface area (Å²) >= 11 is 1.85. The number of rotatable bonds is 5. The summed E-state index contributed by atoms with van der Waals surface area (Å²) in [4.78, 5) is 14.9. The van der Waals surface area contributed by atoms with E-state index in [2.05, 4.69) is 120 Å². The van der Waals surface area contributed by atoms with Gasteiger partial charge in [-0.1, -0.05) is 133 Å². The van der Waals surface area contributed by atoms with Crippen LogP contribution in [0.3, 0.4) is 0 Å². The lowest BCUT2D eigenvalue weighted by atomic mass is 9.97. The molecule has 0 aliphatic rings. The number of hydrogen-bond donors (Lipinski definition) is 0. The zero-order valence-electron chi connectivity index (χ0n) is 30.4. The Bertz CT molecular complexity index is 3420. The van der Waals surface area contributed by atoms with E-state index in [9.17, 15) is 0 Å². The number of furan rings is 1. The van der Waals surface area contributed by atoms with E-state index in [1.165, 1.54) is 53.2 Å². The van der Waals surface area contributed by atoms with Crippen LogP contribution < -0.4 is 0 Å². The van der Waals surface area contributed by atoms with Crippen LogP contribution in [0.25, 0.3) is 115 Å². The molecule has 4 aromatic heterocycles. The third-order valence-corrected chi connectivity index (χ3v) is 12.2. The van der Waals surface area contributed by atoms with E-state index in [0.29, 0.717) is 17.5 Å². The fourth-order valence-corrected chi connectivity index (χ4v) is 9.63. The van der Waals surface area contributed by atoms with E-state index in [-0.39, 0.29) is 0 Å². The third kappa shape index (κ3) is 5.04. The molecule has 0 amide bonds. The normalized spacial score (nSPS) is 11.9. The number of hydrogen-bond acceptors (Lipinski definition) is 5. The standard InChI is InChI=1S/C51H30N4OS/c1-3-13-31(14-4-1)49-52-50(32-15-5-2-6-16-32)54-51(53-49)40-21-11-20-38-41-29-33(25-28-44(41)56-48(38)40)35-19-12-24-45-47(35)39-27-26-34(30-46(39)57-45)55-42-22-9-7-17-36(42)37-18-8-10-23-43(37)55/h1-30H. The Balaban J connectivity index is 0.998. The van der Waals surface area contributed by atoms with Crippen molar-refractivity contribution in [3.05, 3.63) is 182 Å². The van der Waals surface area contributed by atoms with E-state index >= 15 is 0 Å². The van der Waals surface area contributed by atoms with Crippen LogP contribution in [-0.4, -0.2) is 19.5 Å². The van der Waals surface area contributed by atoms with Crippen molar-refractivity contribution in [1.29, 1.82) is 0 Å². The predicted molar refractivity (Wildman–Crippen MR) is 236 cm³/mol. The molecule has 4 heterocycles. The molecule has 12 aromatic rings. The van der Waals surface area contributed by atoms with Crippen LogP contribution in [0, 0.1) is 0 Å². The molecule has 6 heteroatoms. The third-order valence-electron chi connectivity index (χ3n) is 11.1. The summed E-state index contributed by atoms with van der Waals surface area (Å²) in [6, 6.07) is 63.8. The van der Waals surface area contributed by atoms with Crippen LogP contribution in [-0.2, 0) is 0 Å². The average molecular weight is 747 g/mol. The minimum Gasteiger partial charge on any atom is -0.455 e. The Morgan fingerprint density at radius 1 is 0.404 bits per heavy atom. The zero-order chi connectivity index (χ0) is 37.5. The van der Waals surface area contributed by atoms with Crippen LogP contribution in [0.1, 0.15) is 0 Å². The molecular weight excluding hydrogens is 717 g/mol. The molecule has 0 radical (unpaired) electrons. The fraction of sp³-hybridized carbons (Fsp3) is 0. The van der Waals surface area contributed by atoms with Crippen molar-refractivity contribution in [2.45, 2.75) is 0 Å². The highest BCUT2D eigenvalue weighted by Crippen LogP contribution is 2.44. The lowest BCUT2D eigenvalue weighted by molar-refractivity contribution is 0.669. The Kier molecular flexibility index (Phi) is 7.03. The average Bonchev–Trinajstić information content (AvgIpc) is 3.96. The quantitative estimate of drug-likeness (QED) is 0.176. The molecule has 0 fully saturated rings. The molecule has 5 nitrogen and oxygen atoms in total. The first-order valence-corrected chi connectivity index (χ1v) is 19.8. The van der Waals surface area contributed by atoms with Crippen molar-refractivity contribution in [3.8, 4) is 51.0 Å². The molecule has 0 N–H and O–H groups in total. The number of benzene rings is 8. The zero-order valence-corrected chi connectivity index (χ0v) is 31.2.